The smallest absolute Gasteiger partial charge is 0.258 e. The zero-order valence-electron chi connectivity index (χ0n) is 18.3. The molecule has 32 heavy (non-hydrogen) atoms. The lowest BCUT2D eigenvalue weighted by Crippen LogP contribution is -2.46. The van der Waals surface area contributed by atoms with Crippen LogP contribution < -0.4 is 5.32 Å². The molecule has 1 aliphatic heterocycles. The van der Waals surface area contributed by atoms with Crippen molar-refractivity contribution >= 4 is 28.7 Å². The number of para-hydroxylation sites is 1. The van der Waals surface area contributed by atoms with Gasteiger partial charge in [-0.05, 0) is 49.2 Å². The number of carbonyl (C=O) groups excluding carboxylic acids is 1. The lowest BCUT2D eigenvalue weighted by molar-refractivity contribution is 0.0734. The fourth-order valence-corrected chi connectivity index (χ4v) is 5.53. The normalized spacial score (nSPS) is 14.1. The van der Waals surface area contributed by atoms with Gasteiger partial charge in [-0.25, -0.2) is 0 Å². The maximum Gasteiger partial charge on any atom is 0.258 e. The number of aromatic nitrogens is 2. The number of nitrogens with one attached hydrogen (secondary N) is 1. The Morgan fingerprint density at radius 2 is 1.66 bits per heavy atom. The van der Waals surface area contributed by atoms with Gasteiger partial charge in [0.25, 0.3) is 5.91 Å². The first-order valence-electron chi connectivity index (χ1n) is 10.9. The Bertz CT molecular complexity index is 1260. The molecule has 0 spiro atoms. The highest BCUT2D eigenvalue weighted by atomic mass is 32.2. The minimum Gasteiger partial charge on any atom is -0.336 e. The number of aryl methyl sites for hydroxylation is 2. The highest BCUT2D eigenvalue weighted by Crippen LogP contribution is 2.41. The van der Waals surface area contributed by atoms with Gasteiger partial charge in [0, 0.05) is 43.0 Å². The van der Waals surface area contributed by atoms with Gasteiger partial charge in [-0.1, -0.05) is 48.2 Å². The molecule has 0 radical (unpaired) electrons. The van der Waals surface area contributed by atoms with E-state index in [0.717, 1.165) is 34.8 Å². The van der Waals surface area contributed by atoms with E-state index in [9.17, 15) is 4.79 Å². The topological polar surface area (TPSA) is 50.2 Å². The van der Waals surface area contributed by atoms with Crippen LogP contribution in [0.15, 0.2) is 76.8 Å². The Hall–Kier alpha value is -3.09. The average molecular weight is 443 g/mol. The largest absolute Gasteiger partial charge is 0.336 e. The number of pyridine rings is 1. The van der Waals surface area contributed by atoms with E-state index in [2.05, 4.69) is 60.1 Å². The number of nitrogens with zero attached hydrogens (tertiary/aromatic N) is 3. The van der Waals surface area contributed by atoms with Gasteiger partial charge in [0.15, 0.2) is 0 Å². The Morgan fingerprint density at radius 3 is 2.38 bits per heavy atom. The fourth-order valence-electron chi connectivity index (χ4n) is 4.30. The summed E-state index contributed by atoms with van der Waals surface area (Å²) in [5.41, 5.74) is 5.83. The molecular formula is C26H26N4OS. The number of rotatable bonds is 4. The first-order chi connectivity index (χ1) is 15.6. The van der Waals surface area contributed by atoms with Gasteiger partial charge < -0.3 is 14.8 Å². The van der Waals surface area contributed by atoms with E-state index in [1.165, 1.54) is 16.0 Å². The molecule has 4 aromatic rings. The molecule has 6 heteroatoms. The van der Waals surface area contributed by atoms with Crippen LogP contribution in [-0.4, -0.2) is 46.5 Å². The predicted octanol–water partition coefficient (Wildman–Crippen LogP) is 4.84. The second-order valence-corrected chi connectivity index (χ2v) is 9.09. The molecule has 5 nitrogen and oxygen atoms in total. The molecule has 1 fully saturated rings. The van der Waals surface area contributed by atoms with Crippen molar-refractivity contribution in [2.75, 3.05) is 26.2 Å². The van der Waals surface area contributed by atoms with Gasteiger partial charge in [-0.15, -0.1) is 0 Å². The summed E-state index contributed by atoms with van der Waals surface area (Å²) in [6.07, 6.45) is 1.78. The lowest BCUT2D eigenvalue weighted by atomic mass is 10.2. The number of fused-ring (bicyclic) bond motifs is 1. The van der Waals surface area contributed by atoms with E-state index >= 15 is 0 Å². The predicted molar refractivity (Wildman–Crippen MR) is 130 cm³/mol. The molecule has 1 aliphatic rings. The minimum atomic E-state index is 0.0543. The summed E-state index contributed by atoms with van der Waals surface area (Å²) >= 11 is 1.67. The van der Waals surface area contributed by atoms with Crippen LogP contribution in [0.25, 0.3) is 16.7 Å². The molecule has 1 amide bonds. The number of hydrogen-bond donors (Lipinski definition) is 1. The van der Waals surface area contributed by atoms with Crippen molar-refractivity contribution in [3.63, 3.8) is 0 Å². The van der Waals surface area contributed by atoms with Crippen molar-refractivity contribution in [2.45, 2.75) is 23.8 Å². The number of amides is 1. The van der Waals surface area contributed by atoms with E-state index in [4.69, 9.17) is 4.98 Å². The Kier molecular flexibility index (Phi) is 5.72. The number of benzene rings is 2. The molecule has 162 valence electrons. The van der Waals surface area contributed by atoms with Crippen molar-refractivity contribution in [1.82, 2.24) is 19.8 Å². The van der Waals surface area contributed by atoms with Gasteiger partial charge in [0.1, 0.15) is 5.52 Å². The Balaban J connectivity index is 1.78. The van der Waals surface area contributed by atoms with Crippen molar-refractivity contribution in [1.29, 1.82) is 0 Å². The first kappa shape index (κ1) is 20.8. The van der Waals surface area contributed by atoms with Crippen molar-refractivity contribution in [3.8, 4) is 5.69 Å². The Morgan fingerprint density at radius 1 is 0.938 bits per heavy atom. The quantitative estimate of drug-likeness (QED) is 0.491. The standard InChI is InChI=1S/C26H26N4OS/c1-18-8-6-9-19(2)24(18)32-26-22(25(31)29-16-14-27-15-17-29)23-21(12-7-13-28-23)30(26)20-10-4-3-5-11-20/h3-13,27H,14-17H2,1-2H3. The van der Waals surface area contributed by atoms with E-state index < -0.39 is 0 Å². The zero-order chi connectivity index (χ0) is 22.1. The molecule has 0 saturated carbocycles. The van der Waals surface area contributed by atoms with E-state index in [1.54, 1.807) is 18.0 Å². The minimum absolute atomic E-state index is 0.0543. The molecule has 0 atom stereocenters. The fraction of sp³-hybridized carbons (Fsp3) is 0.231. The second-order valence-electron chi connectivity index (χ2n) is 8.09. The summed E-state index contributed by atoms with van der Waals surface area (Å²) in [6.45, 7) is 7.29. The maximum atomic E-state index is 13.9. The van der Waals surface area contributed by atoms with Gasteiger partial charge in [-0.3, -0.25) is 9.78 Å². The molecule has 1 N–H and O–H groups in total. The molecule has 0 aliphatic carbocycles. The molecule has 3 heterocycles. The summed E-state index contributed by atoms with van der Waals surface area (Å²) < 4.78 is 2.19. The molecule has 5 rings (SSSR count). The third-order valence-corrected chi connectivity index (χ3v) is 7.35. The molecule has 0 unspecified atom stereocenters. The number of carbonyl (C=O) groups is 1. The van der Waals surface area contributed by atoms with Crippen LogP contribution in [0.5, 0.6) is 0 Å². The molecule has 2 aromatic carbocycles. The van der Waals surface area contributed by atoms with Crippen LogP contribution in [0, 0.1) is 13.8 Å². The zero-order valence-corrected chi connectivity index (χ0v) is 19.2. The summed E-state index contributed by atoms with van der Waals surface area (Å²) in [7, 11) is 0. The van der Waals surface area contributed by atoms with Crippen molar-refractivity contribution in [2.24, 2.45) is 0 Å². The van der Waals surface area contributed by atoms with E-state index in [-0.39, 0.29) is 5.91 Å². The maximum absolute atomic E-state index is 13.9. The van der Waals surface area contributed by atoms with Crippen LogP contribution in [0.3, 0.4) is 0 Å². The summed E-state index contributed by atoms with van der Waals surface area (Å²) in [6, 6.07) is 20.6. The third kappa shape index (κ3) is 3.70. The van der Waals surface area contributed by atoms with Gasteiger partial charge in [-0.2, -0.15) is 0 Å². The van der Waals surface area contributed by atoms with Crippen LogP contribution in [0.2, 0.25) is 0 Å². The average Bonchev–Trinajstić information content (AvgIpc) is 3.16. The van der Waals surface area contributed by atoms with Crippen molar-refractivity contribution in [3.05, 3.63) is 83.6 Å². The van der Waals surface area contributed by atoms with Crippen LogP contribution in [0.4, 0.5) is 0 Å². The summed E-state index contributed by atoms with van der Waals surface area (Å²) in [4.78, 5) is 21.7. The monoisotopic (exact) mass is 442 g/mol. The number of piperazine rings is 1. The van der Waals surface area contributed by atoms with Crippen LogP contribution in [0.1, 0.15) is 21.5 Å². The summed E-state index contributed by atoms with van der Waals surface area (Å²) in [5.74, 6) is 0.0543. The molecule has 0 bridgehead atoms. The first-order valence-corrected chi connectivity index (χ1v) is 11.8. The third-order valence-electron chi connectivity index (χ3n) is 5.92. The number of hydrogen-bond acceptors (Lipinski definition) is 4. The second kappa shape index (κ2) is 8.81. The van der Waals surface area contributed by atoms with Gasteiger partial charge >= 0.3 is 0 Å². The van der Waals surface area contributed by atoms with Gasteiger partial charge in [0.05, 0.1) is 16.1 Å². The highest BCUT2D eigenvalue weighted by Gasteiger charge is 2.29. The molecule has 2 aromatic heterocycles. The van der Waals surface area contributed by atoms with Crippen LogP contribution >= 0.6 is 11.8 Å². The van der Waals surface area contributed by atoms with Crippen LogP contribution in [-0.2, 0) is 0 Å². The lowest BCUT2D eigenvalue weighted by Gasteiger charge is -2.27. The SMILES string of the molecule is Cc1cccc(C)c1Sc1c(C(=O)N2CCNCC2)c2ncccc2n1-c1ccccc1. The Labute approximate surface area is 192 Å². The molecular weight excluding hydrogens is 416 g/mol. The van der Waals surface area contributed by atoms with Crippen molar-refractivity contribution < 1.29 is 4.79 Å². The van der Waals surface area contributed by atoms with E-state index in [0.29, 0.717) is 18.7 Å². The molecule has 1 saturated heterocycles. The summed E-state index contributed by atoms with van der Waals surface area (Å²) in [5, 5.41) is 4.26. The van der Waals surface area contributed by atoms with Gasteiger partial charge in [0.2, 0.25) is 0 Å². The van der Waals surface area contributed by atoms with E-state index in [1.807, 2.05) is 29.2 Å². The highest BCUT2D eigenvalue weighted by molar-refractivity contribution is 7.99.